The molecule has 1 aliphatic heterocycles. The second-order valence-corrected chi connectivity index (χ2v) is 7.45. The second-order valence-electron chi connectivity index (χ2n) is 6.60. The van der Waals surface area contributed by atoms with Gasteiger partial charge in [0.15, 0.2) is 0 Å². The number of nitrogens with zero attached hydrogens (tertiary/aromatic N) is 1. The molecule has 0 radical (unpaired) electrons. The van der Waals surface area contributed by atoms with E-state index in [9.17, 15) is 4.79 Å². The third kappa shape index (κ3) is 4.79. The molecule has 2 aromatic rings. The van der Waals surface area contributed by atoms with Crippen molar-refractivity contribution in [1.29, 1.82) is 0 Å². The lowest BCUT2D eigenvalue weighted by atomic mass is 10.1. The lowest BCUT2D eigenvalue weighted by Crippen LogP contribution is -2.40. The molecular weight excluding hydrogens is 392 g/mol. The number of hydrogen-bond acceptors (Lipinski definition) is 3. The number of para-hydroxylation sites is 1. The van der Waals surface area contributed by atoms with Gasteiger partial charge in [-0.05, 0) is 65.0 Å². The van der Waals surface area contributed by atoms with Crippen molar-refractivity contribution in [2.45, 2.75) is 31.7 Å². The molecule has 1 N–H and O–H groups in total. The summed E-state index contributed by atoms with van der Waals surface area (Å²) in [5.74, 6) is 0.914. The Morgan fingerprint density at radius 2 is 2.08 bits per heavy atom. The number of halogens is 1. The van der Waals surface area contributed by atoms with E-state index in [1.165, 1.54) is 12.1 Å². The van der Waals surface area contributed by atoms with Gasteiger partial charge in [-0.25, -0.2) is 0 Å². The number of aryl methyl sites for hydroxylation is 1. The van der Waals surface area contributed by atoms with E-state index >= 15 is 0 Å². The van der Waals surface area contributed by atoms with Crippen molar-refractivity contribution in [2.75, 3.05) is 25.1 Å². The summed E-state index contributed by atoms with van der Waals surface area (Å²) in [6.45, 7) is 1.77. The van der Waals surface area contributed by atoms with Gasteiger partial charge in [0.2, 0.25) is 5.91 Å². The van der Waals surface area contributed by atoms with Crippen molar-refractivity contribution in [3.05, 3.63) is 58.6 Å². The number of amides is 1. The van der Waals surface area contributed by atoms with E-state index in [0.29, 0.717) is 19.0 Å². The highest BCUT2D eigenvalue weighted by Crippen LogP contribution is 2.26. The Hall–Kier alpha value is -2.01. The summed E-state index contributed by atoms with van der Waals surface area (Å²) in [5.41, 5.74) is 2.37. The molecule has 0 bridgehead atoms. The van der Waals surface area contributed by atoms with Gasteiger partial charge in [-0.2, -0.15) is 0 Å². The van der Waals surface area contributed by atoms with Crippen LogP contribution in [0, 0.1) is 0 Å². The van der Waals surface area contributed by atoms with E-state index in [0.717, 1.165) is 35.2 Å². The number of methoxy groups -OCH3 is 1. The van der Waals surface area contributed by atoms with Crippen LogP contribution in [-0.4, -0.2) is 32.1 Å². The third-order valence-corrected chi connectivity index (χ3v) is 5.48. The number of hydrogen-bond donors (Lipinski definition) is 1. The lowest BCUT2D eigenvalue weighted by Gasteiger charge is -2.27. The average Bonchev–Trinajstić information content (AvgIpc) is 3.14. The average molecular weight is 417 g/mol. The molecule has 4 nitrogen and oxygen atoms in total. The molecule has 1 saturated heterocycles. The standard InChI is InChI=1S/C21H25BrN2O2/c1-26-20-11-9-16(14-19(20)22)10-12-21(25)23-15-18-8-5-13-24(18)17-6-3-2-4-7-17/h2-4,6-7,9,11,14,18H,5,8,10,12-13,15H2,1H3,(H,23,25)/t18-/m0/s1. The van der Waals surface area contributed by atoms with Crippen LogP contribution in [0.3, 0.4) is 0 Å². The molecule has 1 amide bonds. The zero-order chi connectivity index (χ0) is 18.4. The molecule has 1 atom stereocenters. The van der Waals surface area contributed by atoms with Gasteiger partial charge in [-0.1, -0.05) is 24.3 Å². The molecule has 0 aliphatic carbocycles. The second kappa shape index (κ2) is 9.08. The monoisotopic (exact) mass is 416 g/mol. The number of anilines is 1. The summed E-state index contributed by atoms with van der Waals surface area (Å²) in [4.78, 5) is 14.7. The lowest BCUT2D eigenvalue weighted by molar-refractivity contribution is -0.121. The van der Waals surface area contributed by atoms with E-state index < -0.39 is 0 Å². The highest BCUT2D eigenvalue weighted by atomic mass is 79.9. The first-order valence-corrected chi connectivity index (χ1v) is 9.87. The summed E-state index contributed by atoms with van der Waals surface area (Å²) in [6, 6.07) is 16.8. The van der Waals surface area contributed by atoms with Crippen LogP contribution in [0.4, 0.5) is 5.69 Å². The van der Waals surface area contributed by atoms with Gasteiger partial charge in [0, 0.05) is 31.2 Å². The minimum absolute atomic E-state index is 0.108. The van der Waals surface area contributed by atoms with Crippen LogP contribution in [-0.2, 0) is 11.2 Å². The SMILES string of the molecule is COc1ccc(CCC(=O)NC[C@@H]2CCCN2c2ccccc2)cc1Br. The number of nitrogens with one attached hydrogen (secondary N) is 1. The Bertz CT molecular complexity index is 736. The number of carbonyl (C=O) groups excluding carboxylic acids is 1. The third-order valence-electron chi connectivity index (χ3n) is 4.86. The summed E-state index contributed by atoms with van der Waals surface area (Å²) in [6.07, 6.45) is 3.52. The largest absolute Gasteiger partial charge is 0.496 e. The fraction of sp³-hybridized carbons (Fsp3) is 0.381. The van der Waals surface area contributed by atoms with Crippen LogP contribution in [0.2, 0.25) is 0 Å². The maximum atomic E-state index is 12.3. The molecule has 3 rings (SSSR count). The van der Waals surface area contributed by atoms with Crippen LogP contribution >= 0.6 is 15.9 Å². The Balaban J connectivity index is 1.47. The van der Waals surface area contributed by atoms with Crippen LogP contribution in [0.25, 0.3) is 0 Å². The molecule has 0 unspecified atom stereocenters. The van der Waals surface area contributed by atoms with Gasteiger partial charge in [0.05, 0.1) is 11.6 Å². The topological polar surface area (TPSA) is 41.6 Å². The smallest absolute Gasteiger partial charge is 0.220 e. The number of ether oxygens (including phenoxy) is 1. The number of rotatable bonds is 7. The highest BCUT2D eigenvalue weighted by Gasteiger charge is 2.24. The molecule has 138 valence electrons. The summed E-state index contributed by atoms with van der Waals surface area (Å²) in [5, 5.41) is 3.11. The zero-order valence-corrected chi connectivity index (χ0v) is 16.7. The Labute approximate surface area is 163 Å². The van der Waals surface area contributed by atoms with Gasteiger partial charge in [-0.15, -0.1) is 0 Å². The first-order chi connectivity index (χ1) is 12.7. The molecule has 1 heterocycles. The van der Waals surface area contributed by atoms with Crippen LogP contribution in [0.1, 0.15) is 24.8 Å². The summed E-state index contributed by atoms with van der Waals surface area (Å²) >= 11 is 3.49. The number of carbonyl (C=O) groups is 1. The van der Waals surface area contributed by atoms with Crippen molar-refractivity contribution in [3.8, 4) is 5.75 Å². The molecule has 1 aliphatic rings. The normalized spacial score (nSPS) is 16.5. The first-order valence-electron chi connectivity index (χ1n) is 9.08. The maximum Gasteiger partial charge on any atom is 0.220 e. The molecule has 0 aromatic heterocycles. The molecule has 0 saturated carbocycles. The van der Waals surface area contributed by atoms with Crippen LogP contribution in [0.5, 0.6) is 5.75 Å². The molecule has 1 fully saturated rings. The molecule has 0 spiro atoms. The number of benzene rings is 2. The van der Waals surface area contributed by atoms with Crippen molar-refractivity contribution >= 4 is 27.5 Å². The van der Waals surface area contributed by atoms with Crippen LogP contribution < -0.4 is 15.0 Å². The molecule has 2 aromatic carbocycles. The summed E-state index contributed by atoms with van der Waals surface area (Å²) < 4.78 is 6.16. The van der Waals surface area contributed by atoms with Gasteiger partial charge >= 0.3 is 0 Å². The van der Waals surface area contributed by atoms with Gasteiger partial charge in [-0.3, -0.25) is 4.79 Å². The quantitative estimate of drug-likeness (QED) is 0.735. The van der Waals surface area contributed by atoms with E-state index in [4.69, 9.17) is 4.74 Å². The van der Waals surface area contributed by atoms with Crippen molar-refractivity contribution in [1.82, 2.24) is 5.32 Å². The fourth-order valence-corrected chi connectivity index (χ4v) is 4.04. The molecule has 26 heavy (non-hydrogen) atoms. The molecule has 5 heteroatoms. The van der Waals surface area contributed by atoms with Crippen molar-refractivity contribution in [2.24, 2.45) is 0 Å². The minimum atomic E-state index is 0.108. The highest BCUT2D eigenvalue weighted by molar-refractivity contribution is 9.10. The predicted octanol–water partition coefficient (Wildman–Crippen LogP) is 4.18. The Morgan fingerprint density at radius 3 is 2.81 bits per heavy atom. The van der Waals surface area contributed by atoms with E-state index in [1.807, 2.05) is 24.3 Å². The van der Waals surface area contributed by atoms with Crippen molar-refractivity contribution < 1.29 is 9.53 Å². The maximum absolute atomic E-state index is 12.3. The Morgan fingerprint density at radius 1 is 1.27 bits per heavy atom. The van der Waals surface area contributed by atoms with E-state index in [1.54, 1.807) is 7.11 Å². The first kappa shape index (κ1) is 18.8. The van der Waals surface area contributed by atoms with E-state index in [2.05, 4.69) is 50.4 Å². The van der Waals surface area contributed by atoms with Gasteiger partial charge in [0.25, 0.3) is 0 Å². The van der Waals surface area contributed by atoms with E-state index in [-0.39, 0.29) is 5.91 Å². The fourth-order valence-electron chi connectivity index (χ4n) is 3.45. The van der Waals surface area contributed by atoms with Gasteiger partial charge < -0.3 is 15.0 Å². The Kier molecular flexibility index (Phi) is 6.56. The zero-order valence-electron chi connectivity index (χ0n) is 15.1. The van der Waals surface area contributed by atoms with Crippen LogP contribution in [0.15, 0.2) is 53.0 Å². The molecular formula is C21H25BrN2O2. The van der Waals surface area contributed by atoms with Gasteiger partial charge in [0.1, 0.15) is 5.75 Å². The van der Waals surface area contributed by atoms with Crippen molar-refractivity contribution in [3.63, 3.8) is 0 Å². The predicted molar refractivity (Wildman–Crippen MR) is 109 cm³/mol. The summed E-state index contributed by atoms with van der Waals surface area (Å²) in [7, 11) is 1.65. The minimum Gasteiger partial charge on any atom is -0.496 e.